The van der Waals surface area contributed by atoms with Crippen LogP contribution in [0.4, 0.5) is 5.82 Å². The summed E-state index contributed by atoms with van der Waals surface area (Å²) in [5, 5.41) is 3.46. The first-order chi connectivity index (χ1) is 7.24. The Labute approximate surface area is 91.1 Å². The van der Waals surface area contributed by atoms with E-state index in [4.69, 9.17) is 5.73 Å². The first kappa shape index (κ1) is 10.4. The van der Waals surface area contributed by atoms with Gasteiger partial charge in [-0.25, -0.2) is 4.98 Å². The lowest BCUT2D eigenvalue weighted by atomic mass is 9.92. The molecule has 15 heavy (non-hydrogen) atoms. The Balaban J connectivity index is 1.89. The molecule has 1 aliphatic carbocycles. The number of hydrogen-bond donors (Lipinski definition) is 2. The molecule has 1 heterocycles. The molecule has 3 nitrogen and oxygen atoms in total. The number of pyridine rings is 1. The standard InChI is InChI=1S/C12H19N3/c1-9-2-7-12(14-8-9)15-11-5-3-10(13)4-6-11/h2,7-8,10-11H,3-6,13H2,1H3,(H,14,15)/t10-,11-. The Morgan fingerprint density at radius 3 is 2.60 bits per heavy atom. The fourth-order valence-electron chi connectivity index (χ4n) is 2.03. The summed E-state index contributed by atoms with van der Waals surface area (Å²) >= 11 is 0. The molecule has 3 N–H and O–H groups in total. The highest BCUT2D eigenvalue weighted by Gasteiger charge is 2.18. The lowest BCUT2D eigenvalue weighted by Crippen LogP contribution is -2.32. The second kappa shape index (κ2) is 4.62. The van der Waals surface area contributed by atoms with Crippen molar-refractivity contribution in [2.75, 3.05) is 5.32 Å². The predicted octanol–water partition coefficient (Wildman–Crippen LogP) is 2.07. The molecule has 1 aromatic rings. The quantitative estimate of drug-likeness (QED) is 0.777. The number of anilines is 1. The topological polar surface area (TPSA) is 50.9 Å². The Bertz CT molecular complexity index is 299. The molecule has 0 amide bonds. The number of nitrogens with two attached hydrogens (primary N) is 1. The van der Waals surface area contributed by atoms with Crippen LogP contribution in [0.2, 0.25) is 0 Å². The SMILES string of the molecule is Cc1ccc(N[C@H]2CC[C@H](N)CC2)nc1. The van der Waals surface area contributed by atoms with Gasteiger partial charge in [0.2, 0.25) is 0 Å². The van der Waals surface area contributed by atoms with Crippen LogP contribution in [0.1, 0.15) is 31.2 Å². The highest BCUT2D eigenvalue weighted by Crippen LogP contribution is 2.20. The van der Waals surface area contributed by atoms with E-state index < -0.39 is 0 Å². The zero-order valence-corrected chi connectivity index (χ0v) is 9.24. The molecular weight excluding hydrogens is 186 g/mol. The van der Waals surface area contributed by atoms with Gasteiger partial charge in [-0.1, -0.05) is 6.07 Å². The minimum atomic E-state index is 0.411. The molecule has 0 spiro atoms. The second-order valence-corrected chi connectivity index (χ2v) is 4.48. The van der Waals surface area contributed by atoms with Crippen molar-refractivity contribution in [3.8, 4) is 0 Å². The minimum absolute atomic E-state index is 0.411. The van der Waals surface area contributed by atoms with Crippen molar-refractivity contribution in [1.29, 1.82) is 0 Å². The number of aryl methyl sites for hydroxylation is 1. The molecule has 3 heteroatoms. The van der Waals surface area contributed by atoms with E-state index in [0.29, 0.717) is 12.1 Å². The van der Waals surface area contributed by atoms with Crippen LogP contribution >= 0.6 is 0 Å². The van der Waals surface area contributed by atoms with Gasteiger partial charge in [-0.15, -0.1) is 0 Å². The molecule has 1 saturated carbocycles. The normalized spacial score (nSPS) is 26.3. The first-order valence-corrected chi connectivity index (χ1v) is 5.69. The number of nitrogens with one attached hydrogen (secondary N) is 1. The van der Waals surface area contributed by atoms with Crippen molar-refractivity contribution in [2.45, 2.75) is 44.7 Å². The maximum Gasteiger partial charge on any atom is 0.126 e. The molecule has 1 aliphatic rings. The van der Waals surface area contributed by atoms with Crippen molar-refractivity contribution in [3.05, 3.63) is 23.9 Å². The molecule has 0 aromatic carbocycles. The van der Waals surface area contributed by atoms with Gasteiger partial charge in [-0.2, -0.15) is 0 Å². The van der Waals surface area contributed by atoms with Gasteiger partial charge in [0.25, 0.3) is 0 Å². The predicted molar refractivity (Wildman–Crippen MR) is 62.8 cm³/mol. The van der Waals surface area contributed by atoms with Crippen LogP contribution in [0.15, 0.2) is 18.3 Å². The zero-order chi connectivity index (χ0) is 10.7. The third kappa shape index (κ3) is 2.93. The molecule has 0 radical (unpaired) electrons. The van der Waals surface area contributed by atoms with E-state index in [1.807, 2.05) is 12.3 Å². The Hall–Kier alpha value is -1.09. The maximum absolute atomic E-state index is 5.87. The van der Waals surface area contributed by atoms with Crippen LogP contribution in [0.5, 0.6) is 0 Å². The van der Waals surface area contributed by atoms with Crippen molar-refractivity contribution in [3.63, 3.8) is 0 Å². The molecule has 0 unspecified atom stereocenters. The summed E-state index contributed by atoms with van der Waals surface area (Å²) < 4.78 is 0. The van der Waals surface area contributed by atoms with E-state index in [-0.39, 0.29) is 0 Å². The van der Waals surface area contributed by atoms with E-state index in [9.17, 15) is 0 Å². The van der Waals surface area contributed by atoms with Gasteiger partial charge in [0.1, 0.15) is 5.82 Å². The van der Waals surface area contributed by atoms with Crippen molar-refractivity contribution < 1.29 is 0 Å². The van der Waals surface area contributed by atoms with Crippen LogP contribution in [-0.2, 0) is 0 Å². The van der Waals surface area contributed by atoms with E-state index >= 15 is 0 Å². The lowest BCUT2D eigenvalue weighted by Gasteiger charge is -2.27. The summed E-state index contributed by atoms with van der Waals surface area (Å²) in [5.41, 5.74) is 7.07. The largest absolute Gasteiger partial charge is 0.367 e. The number of nitrogens with zero attached hydrogens (tertiary/aromatic N) is 1. The Morgan fingerprint density at radius 2 is 2.00 bits per heavy atom. The summed E-state index contributed by atoms with van der Waals surface area (Å²) in [5.74, 6) is 0.987. The summed E-state index contributed by atoms with van der Waals surface area (Å²) in [6.07, 6.45) is 6.48. The van der Waals surface area contributed by atoms with E-state index in [1.165, 1.54) is 5.56 Å². The van der Waals surface area contributed by atoms with Gasteiger partial charge in [0.15, 0.2) is 0 Å². The molecule has 1 fully saturated rings. The molecule has 0 bridgehead atoms. The van der Waals surface area contributed by atoms with Crippen LogP contribution in [0.25, 0.3) is 0 Å². The van der Waals surface area contributed by atoms with Gasteiger partial charge in [-0.3, -0.25) is 0 Å². The third-order valence-electron chi connectivity index (χ3n) is 3.04. The fourth-order valence-corrected chi connectivity index (χ4v) is 2.03. The van der Waals surface area contributed by atoms with Crippen LogP contribution in [-0.4, -0.2) is 17.1 Å². The average Bonchev–Trinajstić information content (AvgIpc) is 2.25. The number of aromatic nitrogens is 1. The molecule has 1 aromatic heterocycles. The lowest BCUT2D eigenvalue weighted by molar-refractivity contribution is 0.410. The van der Waals surface area contributed by atoms with Gasteiger partial charge >= 0.3 is 0 Å². The van der Waals surface area contributed by atoms with Gasteiger partial charge in [0.05, 0.1) is 0 Å². The number of hydrogen-bond acceptors (Lipinski definition) is 3. The average molecular weight is 205 g/mol. The Morgan fingerprint density at radius 1 is 1.27 bits per heavy atom. The summed E-state index contributed by atoms with van der Waals surface area (Å²) in [4.78, 5) is 4.35. The highest BCUT2D eigenvalue weighted by molar-refractivity contribution is 5.36. The van der Waals surface area contributed by atoms with Crippen LogP contribution in [0.3, 0.4) is 0 Å². The van der Waals surface area contributed by atoms with Crippen molar-refractivity contribution in [1.82, 2.24) is 4.98 Å². The van der Waals surface area contributed by atoms with E-state index in [0.717, 1.165) is 31.5 Å². The van der Waals surface area contributed by atoms with Gasteiger partial charge < -0.3 is 11.1 Å². The number of rotatable bonds is 2. The molecule has 0 atom stereocenters. The third-order valence-corrected chi connectivity index (χ3v) is 3.04. The van der Waals surface area contributed by atoms with E-state index in [2.05, 4.69) is 23.3 Å². The smallest absolute Gasteiger partial charge is 0.126 e. The minimum Gasteiger partial charge on any atom is -0.367 e. The van der Waals surface area contributed by atoms with Gasteiger partial charge in [0, 0.05) is 18.3 Å². The van der Waals surface area contributed by atoms with Crippen molar-refractivity contribution in [2.24, 2.45) is 5.73 Å². The van der Waals surface area contributed by atoms with Crippen molar-refractivity contribution >= 4 is 5.82 Å². The summed E-state index contributed by atoms with van der Waals surface area (Å²) in [6, 6.07) is 5.10. The summed E-state index contributed by atoms with van der Waals surface area (Å²) in [7, 11) is 0. The first-order valence-electron chi connectivity index (χ1n) is 5.69. The van der Waals surface area contributed by atoms with Crippen LogP contribution in [0, 0.1) is 6.92 Å². The molecule has 2 rings (SSSR count). The van der Waals surface area contributed by atoms with E-state index in [1.54, 1.807) is 0 Å². The second-order valence-electron chi connectivity index (χ2n) is 4.48. The highest BCUT2D eigenvalue weighted by atomic mass is 15.0. The monoisotopic (exact) mass is 205 g/mol. The molecule has 82 valence electrons. The zero-order valence-electron chi connectivity index (χ0n) is 9.24. The Kier molecular flexibility index (Phi) is 3.21. The van der Waals surface area contributed by atoms with Crippen LogP contribution < -0.4 is 11.1 Å². The maximum atomic E-state index is 5.87. The summed E-state index contributed by atoms with van der Waals surface area (Å²) in [6.45, 7) is 2.05. The molecule has 0 aliphatic heterocycles. The fraction of sp³-hybridized carbons (Fsp3) is 0.583. The molecular formula is C12H19N3. The molecule has 0 saturated heterocycles. The van der Waals surface area contributed by atoms with Gasteiger partial charge in [-0.05, 0) is 44.2 Å².